The standard InChI is InChI=1S/C22H36N2/c1-19(2)15-7-9-21(19,5)17(13-15)23-11-12-24-18-14-16-8-10-22(18,6)20(16,3)4/h15-16H,7-14H2,1-6H3. The Balaban J connectivity index is 1.43. The van der Waals surface area contributed by atoms with E-state index in [9.17, 15) is 0 Å². The molecule has 0 amide bonds. The molecule has 24 heavy (non-hydrogen) atoms. The fraction of sp³-hybridized carbons (Fsp3) is 0.909. The second-order valence-corrected chi connectivity index (χ2v) is 10.6. The summed E-state index contributed by atoms with van der Waals surface area (Å²) in [7, 11) is 0. The minimum atomic E-state index is 0.352. The molecule has 0 aliphatic heterocycles. The fourth-order valence-corrected chi connectivity index (χ4v) is 6.70. The van der Waals surface area contributed by atoms with E-state index in [0.29, 0.717) is 21.7 Å². The molecule has 0 spiro atoms. The Morgan fingerprint density at radius 1 is 0.708 bits per heavy atom. The fourth-order valence-electron chi connectivity index (χ4n) is 6.70. The molecule has 0 aromatic heterocycles. The molecule has 0 N–H and O–H groups in total. The quantitative estimate of drug-likeness (QED) is 0.606. The van der Waals surface area contributed by atoms with Gasteiger partial charge in [0.2, 0.25) is 0 Å². The number of hydrogen-bond donors (Lipinski definition) is 0. The van der Waals surface area contributed by atoms with Gasteiger partial charge in [-0.2, -0.15) is 0 Å². The lowest BCUT2D eigenvalue weighted by Crippen LogP contribution is -2.33. The van der Waals surface area contributed by atoms with E-state index in [4.69, 9.17) is 9.98 Å². The molecule has 0 aromatic carbocycles. The predicted octanol–water partition coefficient (Wildman–Crippen LogP) is 5.56. The Bertz CT molecular complexity index is 557. The third-order valence-corrected chi connectivity index (χ3v) is 9.73. The lowest BCUT2D eigenvalue weighted by atomic mass is 9.70. The SMILES string of the molecule is CC12CCC(CC1=NCCN=C1CC3CCC1(C)C3(C)C)C2(C)C. The maximum Gasteiger partial charge on any atom is 0.0584 e. The van der Waals surface area contributed by atoms with Crippen LogP contribution >= 0.6 is 0 Å². The lowest BCUT2D eigenvalue weighted by Gasteiger charge is -2.35. The summed E-state index contributed by atoms with van der Waals surface area (Å²) in [6, 6.07) is 0. The Kier molecular flexibility index (Phi) is 3.46. The minimum Gasteiger partial charge on any atom is -0.292 e. The van der Waals surface area contributed by atoms with Crippen LogP contribution in [0.25, 0.3) is 0 Å². The summed E-state index contributed by atoms with van der Waals surface area (Å²) >= 11 is 0. The minimum absolute atomic E-state index is 0.352. The molecule has 4 aliphatic rings. The van der Waals surface area contributed by atoms with E-state index < -0.39 is 0 Å². The summed E-state index contributed by atoms with van der Waals surface area (Å²) in [6.45, 7) is 16.6. The number of fused-ring (bicyclic) bond motifs is 4. The van der Waals surface area contributed by atoms with Gasteiger partial charge >= 0.3 is 0 Å². The molecule has 0 saturated heterocycles. The lowest BCUT2D eigenvalue weighted by molar-refractivity contribution is 0.193. The number of nitrogens with zero attached hydrogens (tertiary/aromatic N) is 2. The van der Waals surface area contributed by atoms with E-state index in [0.717, 1.165) is 24.9 Å². The van der Waals surface area contributed by atoms with Crippen molar-refractivity contribution in [1.29, 1.82) is 0 Å². The van der Waals surface area contributed by atoms with Crippen LogP contribution in [0.3, 0.4) is 0 Å². The smallest absolute Gasteiger partial charge is 0.0584 e. The molecule has 0 radical (unpaired) electrons. The monoisotopic (exact) mass is 328 g/mol. The topological polar surface area (TPSA) is 24.7 Å². The summed E-state index contributed by atoms with van der Waals surface area (Å²) in [4.78, 5) is 10.1. The average Bonchev–Trinajstić information content (AvgIpc) is 3.02. The highest BCUT2D eigenvalue weighted by molar-refractivity contribution is 5.95. The van der Waals surface area contributed by atoms with Gasteiger partial charge in [-0.15, -0.1) is 0 Å². The number of aliphatic imine (C=N–C) groups is 2. The molecular formula is C22H36N2. The van der Waals surface area contributed by atoms with Crippen molar-refractivity contribution in [3.63, 3.8) is 0 Å². The van der Waals surface area contributed by atoms with Crippen LogP contribution in [0, 0.1) is 33.5 Å². The molecule has 0 heterocycles. The number of hydrogen-bond acceptors (Lipinski definition) is 2. The molecule has 4 unspecified atom stereocenters. The molecule has 4 bridgehead atoms. The maximum atomic E-state index is 5.06. The van der Waals surface area contributed by atoms with Gasteiger partial charge in [0.15, 0.2) is 0 Å². The number of rotatable bonds is 3. The average molecular weight is 329 g/mol. The highest BCUT2D eigenvalue weighted by Crippen LogP contribution is 2.65. The Morgan fingerprint density at radius 2 is 1.08 bits per heavy atom. The molecule has 0 aromatic rings. The van der Waals surface area contributed by atoms with Gasteiger partial charge in [0.1, 0.15) is 0 Å². The van der Waals surface area contributed by atoms with Crippen molar-refractivity contribution in [2.45, 2.75) is 80.1 Å². The predicted molar refractivity (Wildman–Crippen MR) is 103 cm³/mol. The van der Waals surface area contributed by atoms with Gasteiger partial charge < -0.3 is 0 Å². The second-order valence-electron chi connectivity index (χ2n) is 10.6. The van der Waals surface area contributed by atoms with Crippen molar-refractivity contribution in [1.82, 2.24) is 0 Å². The normalized spacial score (nSPS) is 48.1. The molecule has 4 aliphatic carbocycles. The van der Waals surface area contributed by atoms with Gasteiger partial charge in [-0.05, 0) is 61.2 Å². The van der Waals surface area contributed by atoms with Gasteiger partial charge in [-0.25, -0.2) is 0 Å². The van der Waals surface area contributed by atoms with Crippen molar-refractivity contribution < 1.29 is 0 Å². The van der Waals surface area contributed by atoms with Crippen molar-refractivity contribution in [2.75, 3.05) is 13.1 Å². The first kappa shape index (κ1) is 16.8. The van der Waals surface area contributed by atoms with Crippen LogP contribution < -0.4 is 0 Å². The van der Waals surface area contributed by atoms with E-state index in [1.807, 2.05) is 0 Å². The Morgan fingerprint density at radius 3 is 1.33 bits per heavy atom. The zero-order valence-electron chi connectivity index (χ0n) is 16.7. The molecule has 2 heteroatoms. The van der Waals surface area contributed by atoms with Crippen LogP contribution in [0.15, 0.2) is 9.98 Å². The highest BCUT2D eigenvalue weighted by Gasteiger charge is 2.60. The molecule has 2 nitrogen and oxygen atoms in total. The van der Waals surface area contributed by atoms with Crippen molar-refractivity contribution >= 4 is 11.4 Å². The van der Waals surface area contributed by atoms with E-state index in [-0.39, 0.29) is 0 Å². The summed E-state index contributed by atoms with van der Waals surface area (Å²) in [6.07, 6.45) is 7.97. The van der Waals surface area contributed by atoms with Crippen LogP contribution in [-0.4, -0.2) is 24.5 Å². The largest absolute Gasteiger partial charge is 0.292 e. The van der Waals surface area contributed by atoms with E-state index in [1.165, 1.54) is 49.9 Å². The summed E-state index contributed by atoms with van der Waals surface area (Å²) in [5.74, 6) is 1.72. The molecule has 4 rings (SSSR count). The second kappa shape index (κ2) is 4.95. The van der Waals surface area contributed by atoms with Crippen molar-refractivity contribution in [3.8, 4) is 0 Å². The van der Waals surface area contributed by atoms with Crippen LogP contribution in [0.2, 0.25) is 0 Å². The summed E-state index contributed by atoms with van der Waals surface area (Å²) in [5, 5.41) is 0. The first-order valence-electron chi connectivity index (χ1n) is 10.2. The molecule has 4 fully saturated rings. The van der Waals surface area contributed by atoms with E-state index in [2.05, 4.69) is 41.5 Å². The van der Waals surface area contributed by atoms with Gasteiger partial charge in [0.25, 0.3) is 0 Å². The maximum absolute atomic E-state index is 5.06. The van der Waals surface area contributed by atoms with Gasteiger partial charge in [0, 0.05) is 22.3 Å². The third-order valence-electron chi connectivity index (χ3n) is 9.73. The van der Waals surface area contributed by atoms with E-state index >= 15 is 0 Å². The Labute approximate surface area is 148 Å². The van der Waals surface area contributed by atoms with Crippen molar-refractivity contribution in [3.05, 3.63) is 0 Å². The third kappa shape index (κ3) is 1.89. The Hall–Kier alpha value is -0.660. The van der Waals surface area contributed by atoms with Crippen molar-refractivity contribution in [2.24, 2.45) is 43.5 Å². The van der Waals surface area contributed by atoms with E-state index in [1.54, 1.807) is 0 Å². The summed E-state index contributed by atoms with van der Waals surface area (Å²) in [5.41, 5.74) is 4.60. The zero-order valence-corrected chi connectivity index (χ0v) is 16.7. The van der Waals surface area contributed by atoms with Crippen LogP contribution in [-0.2, 0) is 0 Å². The first-order chi connectivity index (χ1) is 11.1. The highest BCUT2D eigenvalue weighted by atomic mass is 14.9. The van der Waals surface area contributed by atoms with Crippen LogP contribution in [0.1, 0.15) is 80.1 Å². The van der Waals surface area contributed by atoms with Gasteiger partial charge in [0.05, 0.1) is 13.1 Å². The molecule has 4 saturated carbocycles. The van der Waals surface area contributed by atoms with Crippen LogP contribution in [0.4, 0.5) is 0 Å². The summed E-state index contributed by atoms with van der Waals surface area (Å²) < 4.78 is 0. The van der Waals surface area contributed by atoms with Crippen LogP contribution in [0.5, 0.6) is 0 Å². The molecule has 134 valence electrons. The zero-order chi connectivity index (χ0) is 17.4. The molecular weight excluding hydrogens is 292 g/mol. The first-order valence-corrected chi connectivity index (χ1v) is 10.2. The van der Waals surface area contributed by atoms with Gasteiger partial charge in [-0.3, -0.25) is 9.98 Å². The van der Waals surface area contributed by atoms with Gasteiger partial charge in [-0.1, -0.05) is 41.5 Å². The molecule has 4 atom stereocenters.